The van der Waals surface area contributed by atoms with Crippen LogP contribution in [0.4, 0.5) is 0 Å². The van der Waals surface area contributed by atoms with Crippen LogP contribution in [0.1, 0.15) is 66.4 Å². The van der Waals surface area contributed by atoms with Gasteiger partial charge in [0.05, 0.1) is 6.04 Å². The molecule has 1 atom stereocenters. The quantitative estimate of drug-likeness (QED) is 0.224. The van der Waals surface area contributed by atoms with Crippen molar-refractivity contribution in [3.05, 3.63) is 34.9 Å². The molecule has 3 N–H and O–H groups in total. The third-order valence-electron chi connectivity index (χ3n) is 6.38. The van der Waals surface area contributed by atoms with Gasteiger partial charge in [-0.15, -0.1) is 0 Å². The van der Waals surface area contributed by atoms with Crippen molar-refractivity contribution in [1.82, 2.24) is 20.9 Å². The van der Waals surface area contributed by atoms with E-state index in [2.05, 4.69) is 27.8 Å². The van der Waals surface area contributed by atoms with Gasteiger partial charge in [0.25, 0.3) is 0 Å². The molecule has 0 bridgehead atoms. The number of imide groups is 1. The second-order valence-corrected chi connectivity index (χ2v) is 8.75. The zero-order chi connectivity index (χ0) is 23.6. The summed E-state index contributed by atoms with van der Waals surface area (Å²) in [6.45, 7) is 1.22. The van der Waals surface area contributed by atoms with Gasteiger partial charge in [0, 0.05) is 49.1 Å². The zero-order valence-electron chi connectivity index (χ0n) is 19.1. The van der Waals surface area contributed by atoms with Crippen molar-refractivity contribution >= 4 is 24.5 Å². The normalized spacial score (nSPS) is 22.8. The number of carbonyl (C=O) groups is 4. The van der Waals surface area contributed by atoms with Crippen LogP contribution in [0.25, 0.3) is 0 Å². The molecule has 2 fully saturated rings. The molecule has 176 valence electrons. The summed E-state index contributed by atoms with van der Waals surface area (Å²) in [5, 5.41) is 8.77. The third kappa shape index (κ3) is 7.24. The molecule has 1 unspecified atom stereocenters. The van der Waals surface area contributed by atoms with Gasteiger partial charge in [-0.3, -0.25) is 29.4 Å². The number of aldehydes is 1. The number of carbonyl (C=O) groups excluding carboxylic acids is 4. The molecule has 1 aliphatic carbocycles. The molecule has 2 aliphatic rings. The lowest BCUT2D eigenvalue weighted by molar-refractivity contribution is -0.137. The molecule has 0 spiro atoms. The summed E-state index contributed by atoms with van der Waals surface area (Å²) in [5.74, 6) is 5.82. The molecule has 3 rings (SSSR count). The van der Waals surface area contributed by atoms with E-state index in [1.807, 2.05) is 24.1 Å². The summed E-state index contributed by atoms with van der Waals surface area (Å²) in [7, 11) is 1.82. The summed E-state index contributed by atoms with van der Waals surface area (Å²) < 4.78 is 0. The second-order valence-electron chi connectivity index (χ2n) is 8.75. The summed E-state index contributed by atoms with van der Waals surface area (Å²) in [6.07, 6.45) is 7.21. The number of hydrogen-bond donors (Lipinski definition) is 3. The standard InChI is InChI=1S/C25H32N4O4/c1-29(23-11-12-24(32)28-25(23)33)15-20-14-18(5-6-19(20)16-30)4-2-3-13-26-21-7-9-22(10-8-21)27-17-31/h5-6,14,16-17,21-23,26H,3,7-13,15H2,1H3,(H,27,31)(H,28,32,33). The number of amides is 3. The first kappa shape index (κ1) is 24.6. The Morgan fingerprint density at radius 1 is 1.12 bits per heavy atom. The van der Waals surface area contributed by atoms with Gasteiger partial charge in [-0.2, -0.15) is 0 Å². The van der Waals surface area contributed by atoms with Gasteiger partial charge in [-0.25, -0.2) is 0 Å². The highest BCUT2D eigenvalue weighted by Gasteiger charge is 2.30. The molecule has 33 heavy (non-hydrogen) atoms. The Hall–Kier alpha value is -3.02. The van der Waals surface area contributed by atoms with E-state index in [0.29, 0.717) is 43.5 Å². The smallest absolute Gasteiger partial charge is 0.243 e. The minimum atomic E-state index is -0.396. The first-order chi connectivity index (χ1) is 16.0. The molecule has 1 aromatic rings. The van der Waals surface area contributed by atoms with Crippen LogP contribution in [-0.4, -0.2) is 61.1 Å². The maximum atomic E-state index is 12.1. The summed E-state index contributed by atoms with van der Waals surface area (Å²) in [6, 6.07) is 5.87. The number of hydrogen-bond acceptors (Lipinski definition) is 6. The molecule has 3 amide bonds. The third-order valence-corrected chi connectivity index (χ3v) is 6.38. The molecule has 1 saturated heterocycles. The summed E-state index contributed by atoms with van der Waals surface area (Å²) >= 11 is 0. The molecule has 8 heteroatoms. The summed E-state index contributed by atoms with van der Waals surface area (Å²) in [4.78, 5) is 47.4. The van der Waals surface area contributed by atoms with E-state index in [4.69, 9.17) is 0 Å². The van der Waals surface area contributed by atoms with Crippen molar-refractivity contribution in [2.24, 2.45) is 0 Å². The highest BCUT2D eigenvalue weighted by molar-refractivity contribution is 6.00. The van der Waals surface area contributed by atoms with Gasteiger partial charge in [-0.1, -0.05) is 17.9 Å². The van der Waals surface area contributed by atoms with Crippen molar-refractivity contribution in [3.63, 3.8) is 0 Å². The van der Waals surface area contributed by atoms with Crippen LogP contribution >= 0.6 is 0 Å². The van der Waals surface area contributed by atoms with Crippen molar-refractivity contribution in [1.29, 1.82) is 0 Å². The van der Waals surface area contributed by atoms with Gasteiger partial charge in [-0.05, 0) is 56.8 Å². The van der Waals surface area contributed by atoms with E-state index in [1.54, 1.807) is 6.07 Å². The van der Waals surface area contributed by atoms with Crippen LogP contribution in [0, 0.1) is 11.8 Å². The van der Waals surface area contributed by atoms with E-state index in [0.717, 1.165) is 56.1 Å². The van der Waals surface area contributed by atoms with Crippen LogP contribution < -0.4 is 16.0 Å². The molecule has 1 aromatic carbocycles. The molecular weight excluding hydrogens is 420 g/mol. The van der Waals surface area contributed by atoms with Crippen LogP contribution in [0.15, 0.2) is 18.2 Å². The van der Waals surface area contributed by atoms with Gasteiger partial charge in [0.1, 0.15) is 6.29 Å². The number of rotatable bonds is 9. The van der Waals surface area contributed by atoms with Gasteiger partial charge in [0.2, 0.25) is 18.2 Å². The second kappa shape index (κ2) is 12.3. The largest absolute Gasteiger partial charge is 0.356 e. The topological polar surface area (TPSA) is 108 Å². The Bertz CT molecular complexity index is 928. The van der Waals surface area contributed by atoms with Crippen molar-refractivity contribution in [2.45, 2.75) is 69.6 Å². The predicted octanol–water partition coefficient (Wildman–Crippen LogP) is 1.12. The van der Waals surface area contributed by atoms with E-state index >= 15 is 0 Å². The number of piperidine rings is 1. The van der Waals surface area contributed by atoms with Crippen LogP contribution in [0.5, 0.6) is 0 Å². The van der Waals surface area contributed by atoms with Crippen LogP contribution in [-0.2, 0) is 20.9 Å². The van der Waals surface area contributed by atoms with E-state index in [1.165, 1.54) is 0 Å². The Morgan fingerprint density at radius 3 is 2.58 bits per heavy atom. The lowest BCUT2D eigenvalue weighted by atomic mass is 9.91. The molecule has 1 aliphatic heterocycles. The van der Waals surface area contributed by atoms with Crippen molar-refractivity contribution < 1.29 is 19.2 Å². The Morgan fingerprint density at radius 2 is 1.88 bits per heavy atom. The van der Waals surface area contributed by atoms with Crippen molar-refractivity contribution in [3.8, 4) is 11.8 Å². The fourth-order valence-electron chi connectivity index (χ4n) is 4.48. The molecular formula is C25H32N4O4. The Balaban J connectivity index is 1.51. The monoisotopic (exact) mass is 452 g/mol. The minimum Gasteiger partial charge on any atom is -0.356 e. The van der Waals surface area contributed by atoms with Gasteiger partial charge < -0.3 is 10.6 Å². The lowest BCUT2D eigenvalue weighted by Crippen LogP contribution is -2.51. The Kier molecular flexibility index (Phi) is 9.16. The zero-order valence-corrected chi connectivity index (χ0v) is 19.1. The van der Waals surface area contributed by atoms with Gasteiger partial charge in [0.15, 0.2) is 0 Å². The lowest BCUT2D eigenvalue weighted by Gasteiger charge is -2.30. The van der Waals surface area contributed by atoms with Crippen LogP contribution in [0.2, 0.25) is 0 Å². The maximum Gasteiger partial charge on any atom is 0.243 e. The number of likely N-dealkylation sites (N-methyl/N-ethyl adjacent to an activating group) is 1. The maximum absolute atomic E-state index is 12.1. The number of nitrogens with zero attached hydrogens (tertiary/aromatic N) is 1. The molecule has 1 saturated carbocycles. The predicted molar refractivity (Wildman–Crippen MR) is 124 cm³/mol. The average Bonchev–Trinajstić information content (AvgIpc) is 2.80. The minimum absolute atomic E-state index is 0.243. The van der Waals surface area contributed by atoms with E-state index in [9.17, 15) is 19.2 Å². The molecule has 8 nitrogen and oxygen atoms in total. The van der Waals surface area contributed by atoms with E-state index < -0.39 is 6.04 Å². The number of benzene rings is 1. The average molecular weight is 453 g/mol. The highest BCUT2D eigenvalue weighted by atomic mass is 16.2. The highest BCUT2D eigenvalue weighted by Crippen LogP contribution is 2.19. The fraction of sp³-hybridized carbons (Fsp3) is 0.520. The van der Waals surface area contributed by atoms with Crippen LogP contribution in [0.3, 0.4) is 0 Å². The van der Waals surface area contributed by atoms with E-state index in [-0.39, 0.29) is 11.8 Å². The number of nitrogens with one attached hydrogen (secondary N) is 3. The fourth-order valence-corrected chi connectivity index (χ4v) is 4.48. The SMILES string of the molecule is CN(Cc1cc(C#CCCNC2CCC(NC=O)CC2)ccc1C=O)C1CCC(=O)NC1=O. The van der Waals surface area contributed by atoms with Gasteiger partial charge >= 0.3 is 0 Å². The molecule has 0 aromatic heterocycles. The molecule has 1 heterocycles. The first-order valence-electron chi connectivity index (χ1n) is 11.5. The summed E-state index contributed by atoms with van der Waals surface area (Å²) in [5.41, 5.74) is 2.21. The molecule has 0 radical (unpaired) electrons. The first-order valence-corrected chi connectivity index (χ1v) is 11.5. The van der Waals surface area contributed by atoms with Crippen molar-refractivity contribution in [2.75, 3.05) is 13.6 Å². The Labute approximate surface area is 194 Å².